The Labute approximate surface area is 139 Å². The highest BCUT2D eigenvalue weighted by molar-refractivity contribution is 6.31. The van der Waals surface area contributed by atoms with Gasteiger partial charge in [-0.3, -0.25) is 9.59 Å². The third kappa shape index (κ3) is 6.85. The minimum atomic E-state index is -1.09. The van der Waals surface area contributed by atoms with E-state index >= 15 is 0 Å². The van der Waals surface area contributed by atoms with Crippen molar-refractivity contribution in [2.24, 2.45) is 0 Å². The first kappa shape index (κ1) is 19.2. The first-order valence-electron chi connectivity index (χ1n) is 7.06. The molecule has 3 N–H and O–H groups in total. The molecular weight excluding hydrogens is 324 g/mol. The van der Waals surface area contributed by atoms with Gasteiger partial charge in [-0.1, -0.05) is 11.6 Å². The second kappa shape index (κ2) is 10.0. The molecule has 0 aliphatic carbocycles. The molecule has 7 nitrogen and oxygen atoms in total. The smallest absolute Gasteiger partial charge is 0.321 e. The number of anilines is 1. The summed E-state index contributed by atoms with van der Waals surface area (Å²) in [4.78, 5) is 23.3. The van der Waals surface area contributed by atoms with Crippen molar-refractivity contribution < 1.29 is 24.2 Å². The van der Waals surface area contributed by atoms with Crippen LogP contribution in [0.15, 0.2) is 18.2 Å². The molecule has 0 aliphatic rings. The van der Waals surface area contributed by atoms with Crippen molar-refractivity contribution in [1.29, 1.82) is 0 Å². The number of carboxylic acids is 1. The van der Waals surface area contributed by atoms with Crippen LogP contribution in [-0.2, 0) is 14.3 Å². The number of aliphatic carboxylic acids is 1. The van der Waals surface area contributed by atoms with Gasteiger partial charge in [-0.05, 0) is 31.2 Å². The summed E-state index contributed by atoms with van der Waals surface area (Å²) < 4.78 is 10.0. The van der Waals surface area contributed by atoms with E-state index in [2.05, 4.69) is 10.6 Å². The predicted octanol–water partition coefficient (Wildman–Crippen LogP) is 1.76. The lowest BCUT2D eigenvalue weighted by Crippen LogP contribution is -2.40. The number of hydrogen-bond acceptors (Lipinski definition) is 5. The van der Waals surface area contributed by atoms with Crippen molar-refractivity contribution in [2.75, 3.05) is 32.7 Å². The van der Waals surface area contributed by atoms with Crippen molar-refractivity contribution in [2.45, 2.75) is 18.9 Å². The highest BCUT2D eigenvalue weighted by atomic mass is 35.5. The Bertz CT molecular complexity index is 539. The molecule has 8 heteroatoms. The fourth-order valence-electron chi connectivity index (χ4n) is 1.90. The Morgan fingerprint density at radius 1 is 1.35 bits per heavy atom. The zero-order valence-electron chi connectivity index (χ0n) is 13.1. The van der Waals surface area contributed by atoms with Gasteiger partial charge >= 0.3 is 5.97 Å². The summed E-state index contributed by atoms with van der Waals surface area (Å²) in [6, 6.07) is 3.82. The van der Waals surface area contributed by atoms with Gasteiger partial charge in [-0.2, -0.15) is 0 Å². The summed E-state index contributed by atoms with van der Waals surface area (Å²) in [6.07, 6.45) is 0.446. The molecule has 23 heavy (non-hydrogen) atoms. The second-order valence-electron chi connectivity index (χ2n) is 4.79. The van der Waals surface area contributed by atoms with Crippen LogP contribution in [0.1, 0.15) is 12.8 Å². The van der Waals surface area contributed by atoms with E-state index in [-0.39, 0.29) is 6.42 Å². The Morgan fingerprint density at radius 2 is 2.09 bits per heavy atom. The molecule has 0 heterocycles. The van der Waals surface area contributed by atoms with E-state index in [0.29, 0.717) is 36.0 Å². The fraction of sp³-hybridized carbons (Fsp3) is 0.467. The van der Waals surface area contributed by atoms with Gasteiger partial charge in [-0.25, -0.2) is 0 Å². The van der Waals surface area contributed by atoms with E-state index in [4.69, 9.17) is 21.1 Å². The number of carboxylic acid groups (broad SMARTS) is 1. The van der Waals surface area contributed by atoms with E-state index < -0.39 is 17.9 Å². The molecule has 1 unspecified atom stereocenters. The zero-order chi connectivity index (χ0) is 17.2. The number of amides is 1. The summed E-state index contributed by atoms with van der Waals surface area (Å²) in [7, 11) is 3.04. The van der Waals surface area contributed by atoms with Gasteiger partial charge in [0.05, 0.1) is 19.2 Å². The van der Waals surface area contributed by atoms with Gasteiger partial charge in [-0.15, -0.1) is 0 Å². The van der Waals surface area contributed by atoms with Crippen LogP contribution in [0.3, 0.4) is 0 Å². The maximum Gasteiger partial charge on any atom is 0.321 e. The van der Waals surface area contributed by atoms with Gasteiger partial charge in [0, 0.05) is 18.7 Å². The van der Waals surface area contributed by atoms with E-state index in [1.165, 1.54) is 7.11 Å². The van der Waals surface area contributed by atoms with Crippen molar-refractivity contribution in [3.63, 3.8) is 0 Å². The minimum absolute atomic E-state index is 0.210. The number of benzene rings is 1. The van der Waals surface area contributed by atoms with Gasteiger partial charge in [0.2, 0.25) is 5.91 Å². The third-order valence-corrected chi connectivity index (χ3v) is 3.27. The summed E-state index contributed by atoms with van der Waals surface area (Å²) >= 11 is 5.89. The number of nitrogens with one attached hydrogen (secondary N) is 2. The number of rotatable bonds is 10. The van der Waals surface area contributed by atoms with Crippen LogP contribution >= 0.6 is 11.6 Å². The lowest BCUT2D eigenvalue weighted by molar-refractivity contribution is -0.141. The third-order valence-electron chi connectivity index (χ3n) is 3.04. The monoisotopic (exact) mass is 344 g/mol. The maximum atomic E-state index is 12.1. The topological polar surface area (TPSA) is 96.9 Å². The van der Waals surface area contributed by atoms with Crippen molar-refractivity contribution in [1.82, 2.24) is 5.32 Å². The predicted molar refractivity (Wildman–Crippen MR) is 87.2 cm³/mol. The van der Waals surface area contributed by atoms with Crippen LogP contribution in [-0.4, -0.2) is 50.4 Å². The molecule has 0 aromatic heterocycles. The highest BCUT2D eigenvalue weighted by Crippen LogP contribution is 2.27. The molecule has 128 valence electrons. The average Bonchev–Trinajstić information content (AvgIpc) is 2.50. The van der Waals surface area contributed by atoms with Gasteiger partial charge in [0.1, 0.15) is 11.8 Å². The molecule has 1 atom stereocenters. The van der Waals surface area contributed by atoms with Crippen LogP contribution in [0.25, 0.3) is 0 Å². The summed E-state index contributed by atoms with van der Waals surface area (Å²) in [5.41, 5.74) is 0.397. The Balaban J connectivity index is 2.62. The average molecular weight is 345 g/mol. The summed E-state index contributed by atoms with van der Waals surface area (Å²) in [5, 5.41) is 15.0. The van der Waals surface area contributed by atoms with E-state index in [0.717, 1.165) is 0 Å². The molecule has 0 bridgehead atoms. The maximum absolute atomic E-state index is 12.1. The van der Waals surface area contributed by atoms with Crippen molar-refractivity contribution >= 4 is 29.2 Å². The molecule has 0 saturated carbocycles. The fourth-order valence-corrected chi connectivity index (χ4v) is 2.08. The first-order valence-corrected chi connectivity index (χ1v) is 7.44. The zero-order valence-corrected chi connectivity index (χ0v) is 13.9. The molecule has 0 aliphatic heterocycles. The normalized spacial score (nSPS) is 11.8. The number of carbonyl (C=O) groups excluding carboxylic acids is 1. The van der Waals surface area contributed by atoms with E-state index in [1.807, 2.05) is 0 Å². The van der Waals surface area contributed by atoms with Crippen LogP contribution < -0.4 is 15.4 Å². The van der Waals surface area contributed by atoms with Gasteiger partial charge in [0.25, 0.3) is 0 Å². The molecule has 0 saturated heterocycles. The lowest BCUT2D eigenvalue weighted by Gasteiger charge is -2.15. The SMILES string of the molecule is COCCCNC(CC(=O)Nc1cc(Cl)ccc1OC)C(=O)O. The standard InChI is InChI=1S/C15H21ClN2O5/c1-22-7-3-6-17-12(15(20)21)9-14(19)18-11-8-10(16)4-5-13(11)23-2/h4-5,8,12,17H,3,6-7,9H2,1-2H3,(H,18,19)(H,20,21). The Morgan fingerprint density at radius 3 is 2.70 bits per heavy atom. The number of ether oxygens (including phenoxy) is 2. The second-order valence-corrected chi connectivity index (χ2v) is 5.22. The number of methoxy groups -OCH3 is 2. The molecule has 1 rings (SSSR count). The Kier molecular flexibility index (Phi) is 8.39. The quantitative estimate of drug-likeness (QED) is 0.560. The van der Waals surface area contributed by atoms with Crippen LogP contribution in [0.2, 0.25) is 5.02 Å². The van der Waals surface area contributed by atoms with Crippen LogP contribution in [0, 0.1) is 0 Å². The lowest BCUT2D eigenvalue weighted by atomic mass is 10.2. The molecule has 0 fully saturated rings. The van der Waals surface area contributed by atoms with Gasteiger partial charge in [0.15, 0.2) is 0 Å². The first-order chi connectivity index (χ1) is 11.0. The van der Waals surface area contributed by atoms with Crippen molar-refractivity contribution in [3.8, 4) is 5.75 Å². The number of carbonyl (C=O) groups is 2. The van der Waals surface area contributed by atoms with Crippen molar-refractivity contribution in [3.05, 3.63) is 23.2 Å². The van der Waals surface area contributed by atoms with Crippen LogP contribution in [0.5, 0.6) is 5.75 Å². The van der Waals surface area contributed by atoms with E-state index in [1.54, 1.807) is 25.3 Å². The molecule has 1 aromatic carbocycles. The van der Waals surface area contributed by atoms with E-state index in [9.17, 15) is 14.7 Å². The summed E-state index contributed by atoms with van der Waals surface area (Å²) in [6.45, 7) is 0.962. The number of halogens is 1. The Hall–Kier alpha value is -1.83. The molecule has 1 aromatic rings. The molecule has 1 amide bonds. The molecule has 0 spiro atoms. The number of hydrogen-bond donors (Lipinski definition) is 3. The molecule has 0 radical (unpaired) electrons. The highest BCUT2D eigenvalue weighted by Gasteiger charge is 2.21. The largest absolute Gasteiger partial charge is 0.495 e. The summed E-state index contributed by atoms with van der Waals surface area (Å²) in [5.74, 6) is -1.09. The van der Waals surface area contributed by atoms with Gasteiger partial charge < -0.3 is 25.2 Å². The minimum Gasteiger partial charge on any atom is -0.495 e. The molecular formula is C15H21ClN2O5. The van der Waals surface area contributed by atoms with Crippen LogP contribution in [0.4, 0.5) is 5.69 Å².